The van der Waals surface area contributed by atoms with E-state index in [9.17, 15) is 9.59 Å². The molecule has 28 heavy (non-hydrogen) atoms. The Morgan fingerprint density at radius 1 is 1.00 bits per heavy atom. The molecule has 1 heterocycles. The molecule has 4 heteroatoms. The predicted octanol–water partition coefficient (Wildman–Crippen LogP) is 5.12. The first kappa shape index (κ1) is 22.1. The van der Waals surface area contributed by atoms with Crippen molar-refractivity contribution in [3.8, 4) is 0 Å². The summed E-state index contributed by atoms with van der Waals surface area (Å²) in [5.74, 6) is -0.601. The van der Waals surface area contributed by atoms with E-state index in [2.05, 4.69) is 4.99 Å². The molecule has 0 amide bonds. The van der Waals surface area contributed by atoms with Crippen molar-refractivity contribution in [1.82, 2.24) is 0 Å². The summed E-state index contributed by atoms with van der Waals surface area (Å²) in [7, 11) is 0. The van der Waals surface area contributed by atoms with E-state index in [4.69, 9.17) is 4.74 Å². The van der Waals surface area contributed by atoms with Crippen LogP contribution in [0.4, 0.5) is 0 Å². The number of ether oxygens (including phenoxy) is 1. The molecule has 0 radical (unpaired) electrons. The van der Waals surface area contributed by atoms with Crippen molar-refractivity contribution < 1.29 is 14.3 Å². The van der Waals surface area contributed by atoms with Gasteiger partial charge in [-0.05, 0) is 25.0 Å². The quantitative estimate of drug-likeness (QED) is 0.663. The molecule has 0 aliphatic carbocycles. The number of carbonyl (C=O) groups excluding carboxylic acids is 2. The summed E-state index contributed by atoms with van der Waals surface area (Å²) in [6, 6.07) is 9.58. The van der Waals surface area contributed by atoms with Crippen LogP contribution in [0.2, 0.25) is 0 Å². The summed E-state index contributed by atoms with van der Waals surface area (Å²) in [5.41, 5.74) is -0.144. The molecule has 0 atom stereocenters. The minimum Gasteiger partial charge on any atom is -0.475 e. The van der Waals surface area contributed by atoms with Crippen LogP contribution in [0.5, 0.6) is 0 Å². The van der Waals surface area contributed by atoms with Crippen LogP contribution in [0, 0.1) is 16.7 Å². The number of hydrogen-bond acceptors (Lipinski definition) is 4. The molecule has 1 aliphatic rings. The van der Waals surface area contributed by atoms with Gasteiger partial charge in [0.2, 0.25) is 5.90 Å². The molecule has 2 rings (SSSR count). The summed E-state index contributed by atoms with van der Waals surface area (Å²) in [5, 5.41) is 0. The molecule has 0 unspecified atom stereocenters. The Bertz CT molecular complexity index is 776. The lowest BCUT2D eigenvalue weighted by molar-refractivity contribution is -0.138. The van der Waals surface area contributed by atoms with Crippen LogP contribution in [0.25, 0.3) is 5.57 Å². The molecule has 1 aliphatic heterocycles. The largest absolute Gasteiger partial charge is 0.475 e. The molecule has 1 aromatic rings. The van der Waals surface area contributed by atoms with Crippen LogP contribution in [0.1, 0.15) is 61.0 Å². The van der Waals surface area contributed by atoms with Gasteiger partial charge in [-0.3, -0.25) is 9.59 Å². The van der Waals surface area contributed by atoms with Gasteiger partial charge in [0.1, 0.15) is 12.5 Å². The Hall–Kier alpha value is -2.23. The third-order valence-corrected chi connectivity index (χ3v) is 4.69. The van der Waals surface area contributed by atoms with E-state index in [1.54, 1.807) is 6.08 Å². The molecule has 0 saturated carbocycles. The summed E-state index contributed by atoms with van der Waals surface area (Å²) in [6.07, 6.45) is 1.78. The third kappa shape index (κ3) is 5.18. The zero-order valence-electron chi connectivity index (χ0n) is 18.4. The van der Waals surface area contributed by atoms with Gasteiger partial charge in [-0.2, -0.15) is 0 Å². The Labute approximate surface area is 169 Å². The fourth-order valence-electron chi connectivity index (χ4n) is 3.05. The van der Waals surface area contributed by atoms with E-state index in [0.29, 0.717) is 18.1 Å². The number of ketones is 2. The average Bonchev–Trinajstić information content (AvgIpc) is 2.91. The molecule has 4 nitrogen and oxygen atoms in total. The van der Waals surface area contributed by atoms with Crippen molar-refractivity contribution >= 4 is 23.0 Å². The van der Waals surface area contributed by atoms with Gasteiger partial charge in [-0.1, -0.05) is 71.9 Å². The van der Waals surface area contributed by atoms with Crippen molar-refractivity contribution in [3.05, 3.63) is 42.0 Å². The van der Waals surface area contributed by atoms with Gasteiger partial charge in [0, 0.05) is 16.9 Å². The van der Waals surface area contributed by atoms with E-state index >= 15 is 0 Å². The molecule has 1 aromatic carbocycles. The molecule has 152 valence electrons. The standard InChI is InChI=1S/C24H33NO3/c1-22(2,3)20(26)19(21(27)23(4,5)6)17(16-12-10-9-11-13-16)14-18-25-24(7,8)15-28-18/h9-14,19H,15H2,1-8H3/b17-14+. The zero-order valence-corrected chi connectivity index (χ0v) is 18.4. The highest BCUT2D eigenvalue weighted by Crippen LogP contribution is 2.36. The lowest BCUT2D eigenvalue weighted by Gasteiger charge is -2.30. The number of aliphatic imine (C=N–C) groups is 1. The first-order valence-corrected chi connectivity index (χ1v) is 9.81. The van der Waals surface area contributed by atoms with Gasteiger partial charge in [0.15, 0.2) is 11.6 Å². The lowest BCUT2D eigenvalue weighted by Crippen LogP contribution is -2.40. The van der Waals surface area contributed by atoms with E-state index in [1.807, 2.05) is 85.7 Å². The van der Waals surface area contributed by atoms with Crippen molar-refractivity contribution in [2.75, 3.05) is 6.61 Å². The second kappa shape index (κ2) is 7.65. The Morgan fingerprint density at radius 2 is 1.50 bits per heavy atom. The summed E-state index contributed by atoms with van der Waals surface area (Å²) in [4.78, 5) is 31.5. The SMILES string of the molecule is CC1(C)COC(/C=C(\c2ccccc2)C(C(=O)C(C)(C)C)C(=O)C(C)(C)C)=N1. The van der Waals surface area contributed by atoms with Gasteiger partial charge in [-0.15, -0.1) is 0 Å². The second-order valence-electron chi connectivity index (χ2n) is 10.2. The predicted molar refractivity (Wildman–Crippen MR) is 114 cm³/mol. The van der Waals surface area contributed by atoms with Gasteiger partial charge < -0.3 is 4.74 Å². The fraction of sp³-hybridized carbons (Fsp3) is 0.542. The Morgan fingerprint density at radius 3 is 1.89 bits per heavy atom. The van der Waals surface area contributed by atoms with Crippen molar-refractivity contribution in [2.45, 2.75) is 60.9 Å². The molecule has 0 fully saturated rings. The highest BCUT2D eigenvalue weighted by Gasteiger charge is 2.42. The lowest BCUT2D eigenvalue weighted by atomic mass is 9.70. The monoisotopic (exact) mass is 383 g/mol. The number of nitrogens with zero attached hydrogens (tertiary/aromatic N) is 1. The smallest absolute Gasteiger partial charge is 0.209 e. The van der Waals surface area contributed by atoms with E-state index in [-0.39, 0.29) is 17.1 Å². The number of Topliss-reactive ketones (excluding diaryl/α,β-unsaturated/α-hetero) is 2. The van der Waals surface area contributed by atoms with Crippen LogP contribution in [0.15, 0.2) is 41.4 Å². The van der Waals surface area contributed by atoms with E-state index in [0.717, 1.165) is 5.56 Å². The molecule has 0 aromatic heterocycles. The Kier molecular flexibility index (Phi) is 6.03. The van der Waals surface area contributed by atoms with Crippen molar-refractivity contribution in [3.63, 3.8) is 0 Å². The second-order valence-corrected chi connectivity index (χ2v) is 10.2. The molecular weight excluding hydrogens is 350 g/mol. The molecule has 0 saturated heterocycles. The van der Waals surface area contributed by atoms with Crippen LogP contribution in [0.3, 0.4) is 0 Å². The van der Waals surface area contributed by atoms with Crippen LogP contribution < -0.4 is 0 Å². The first-order chi connectivity index (χ1) is 12.7. The normalized spacial score (nSPS) is 17.3. The number of benzene rings is 1. The summed E-state index contributed by atoms with van der Waals surface area (Å²) < 4.78 is 5.75. The highest BCUT2D eigenvalue weighted by atomic mass is 16.5. The maximum atomic E-state index is 13.4. The fourth-order valence-corrected chi connectivity index (χ4v) is 3.05. The van der Waals surface area contributed by atoms with E-state index < -0.39 is 16.7 Å². The maximum absolute atomic E-state index is 13.4. The number of hydrogen-bond donors (Lipinski definition) is 0. The van der Waals surface area contributed by atoms with Crippen LogP contribution >= 0.6 is 0 Å². The minimum absolute atomic E-state index is 0.0969. The van der Waals surface area contributed by atoms with Gasteiger partial charge in [0.05, 0.1) is 5.54 Å². The van der Waals surface area contributed by atoms with Crippen molar-refractivity contribution in [2.24, 2.45) is 21.7 Å². The topological polar surface area (TPSA) is 55.7 Å². The summed E-state index contributed by atoms with van der Waals surface area (Å²) >= 11 is 0. The summed E-state index contributed by atoms with van der Waals surface area (Å²) in [6.45, 7) is 15.6. The van der Waals surface area contributed by atoms with Crippen LogP contribution in [-0.2, 0) is 14.3 Å². The third-order valence-electron chi connectivity index (χ3n) is 4.69. The zero-order chi connectivity index (χ0) is 21.3. The van der Waals surface area contributed by atoms with Crippen LogP contribution in [-0.4, -0.2) is 29.6 Å². The van der Waals surface area contributed by atoms with E-state index in [1.165, 1.54) is 0 Å². The van der Waals surface area contributed by atoms with Gasteiger partial charge >= 0.3 is 0 Å². The Balaban J connectivity index is 2.69. The molecule has 0 N–H and O–H groups in total. The van der Waals surface area contributed by atoms with Crippen molar-refractivity contribution in [1.29, 1.82) is 0 Å². The number of allylic oxidation sites excluding steroid dienone is 1. The molecular formula is C24H33NO3. The minimum atomic E-state index is -0.877. The molecule has 0 spiro atoms. The maximum Gasteiger partial charge on any atom is 0.209 e. The number of carbonyl (C=O) groups is 2. The van der Waals surface area contributed by atoms with Gasteiger partial charge in [0.25, 0.3) is 0 Å². The number of rotatable bonds is 5. The molecule has 0 bridgehead atoms. The average molecular weight is 384 g/mol. The highest BCUT2D eigenvalue weighted by molar-refractivity contribution is 6.17. The first-order valence-electron chi connectivity index (χ1n) is 9.81. The van der Waals surface area contributed by atoms with Gasteiger partial charge in [-0.25, -0.2) is 4.99 Å².